The number of anilines is 1. The fraction of sp³-hybridized carbons (Fsp3) is 0.421. The van der Waals surface area contributed by atoms with Crippen molar-refractivity contribution in [2.75, 3.05) is 11.6 Å². The molecule has 3 aliphatic rings. The van der Waals surface area contributed by atoms with Crippen LogP contribution in [0.3, 0.4) is 0 Å². The molecular weight excluding hydrogens is 361 g/mol. The summed E-state index contributed by atoms with van der Waals surface area (Å²) in [5.41, 5.74) is -0.902. The lowest BCUT2D eigenvalue weighted by Gasteiger charge is -2.27. The molecule has 142 valence electrons. The molecule has 27 heavy (non-hydrogen) atoms. The summed E-state index contributed by atoms with van der Waals surface area (Å²) < 4.78 is 38.9. The highest BCUT2D eigenvalue weighted by Crippen LogP contribution is 2.52. The molecule has 2 aliphatic carbocycles. The zero-order chi connectivity index (χ0) is 19.5. The van der Waals surface area contributed by atoms with Gasteiger partial charge in [0.1, 0.15) is 6.67 Å². The van der Waals surface area contributed by atoms with Gasteiger partial charge in [0, 0.05) is 12.6 Å². The van der Waals surface area contributed by atoms with Crippen molar-refractivity contribution in [3.05, 3.63) is 42.0 Å². The summed E-state index contributed by atoms with van der Waals surface area (Å²) >= 11 is 0. The van der Waals surface area contributed by atoms with Gasteiger partial charge in [-0.1, -0.05) is 18.2 Å². The van der Waals surface area contributed by atoms with Crippen LogP contribution in [-0.2, 0) is 20.6 Å². The minimum Gasteiger partial charge on any atom is -0.294 e. The first-order valence-corrected chi connectivity index (χ1v) is 8.67. The van der Waals surface area contributed by atoms with Crippen LogP contribution in [0.4, 0.5) is 18.9 Å². The number of imide groups is 1. The number of halogens is 3. The van der Waals surface area contributed by atoms with E-state index in [0.29, 0.717) is 0 Å². The fourth-order valence-electron chi connectivity index (χ4n) is 4.46. The third-order valence-corrected chi connectivity index (χ3v) is 5.71. The lowest BCUT2D eigenvalue weighted by atomic mass is 9.85. The Labute approximate surface area is 153 Å². The van der Waals surface area contributed by atoms with Gasteiger partial charge in [0.25, 0.3) is 0 Å². The van der Waals surface area contributed by atoms with Gasteiger partial charge in [-0.2, -0.15) is 13.2 Å². The molecular formula is C19H17F3N2O3. The van der Waals surface area contributed by atoms with Gasteiger partial charge in [-0.15, -0.1) is 0 Å². The molecule has 4 unspecified atom stereocenters. The number of fused-ring (bicyclic) bond motifs is 5. The minimum atomic E-state index is -4.56. The van der Waals surface area contributed by atoms with Crippen molar-refractivity contribution in [3.8, 4) is 0 Å². The van der Waals surface area contributed by atoms with Crippen molar-refractivity contribution in [1.82, 2.24) is 4.90 Å². The Morgan fingerprint density at radius 1 is 1.15 bits per heavy atom. The molecule has 1 saturated carbocycles. The predicted molar refractivity (Wildman–Crippen MR) is 89.0 cm³/mol. The van der Waals surface area contributed by atoms with E-state index in [-0.39, 0.29) is 36.0 Å². The Hall–Kier alpha value is -2.64. The second kappa shape index (κ2) is 5.94. The number of nitrogens with zero attached hydrogens (tertiary/aromatic N) is 2. The summed E-state index contributed by atoms with van der Waals surface area (Å²) in [6.07, 6.45) is 0.135. The fourth-order valence-corrected chi connectivity index (χ4v) is 4.46. The van der Waals surface area contributed by atoms with E-state index in [9.17, 15) is 27.6 Å². The van der Waals surface area contributed by atoms with Gasteiger partial charge in [0.05, 0.1) is 17.4 Å². The molecule has 1 heterocycles. The smallest absolute Gasteiger partial charge is 0.294 e. The third-order valence-electron chi connectivity index (χ3n) is 5.71. The lowest BCUT2D eigenvalue weighted by molar-refractivity contribution is -0.141. The predicted octanol–water partition coefficient (Wildman–Crippen LogP) is 2.82. The van der Waals surface area contributed by atoms with Gasteiger partial charge >= 0.3 is 6.18 Å². The molecule has 4 rings (SSSR count). The number of carbonyl (C=O) groups excluding carboxylic acids is 3. The van der Waals surface area contributed by atoms with Crippen LogP contribution in [0.5, 0.6) is 0 Å². The molecule has 2 fully saturated rings. The van der Waals surface area contributed by atoms with Gasteiger partial charge in [-0.3, -0.25) is 24.2 Å². The van der Waals surface area contributed by atoms with Gasteiger partial charge < -0.3 is 0 Å². The Morgan fingerprint density at radius 2 is 1.74 bits per heavy atom. The third kappa shape index (κ3) is 2.74. The van der Waals surface area contributed by atoms with E-state index in [0.717, 1.165) is 28.4 Å². The Morgan fingerprint density at radius 3 is 2.26 bits per heavy atom. The van der Waals surface area contributed by atoms with Gasteiger partial charge in [-0.25, -0.2) is 0 Å². The molecule has 4 atom stereocenters. The van der Waals surface area contributed by atoms with E-state index in [1.165, 1.54) is 19.1 Å². The number of rotatable bonds is 3. The normalized spacial score (nSPS) is 28.8. The van der Waals surface area contributed by atoms with Crippen LogP contribution in [0.15, 0.2) is 36.4 Å². The van der Waals surface area contributed by atoms with E-state index in [1.807, 2.05) is 12.2 Å². The zero-order valence-corrected chi connectivity index (χ0v) is 14.4. The van der Waals surface area contributed by atoms with Gasteiger partial charge in [0.2, 0.25) is 17.7 Å². The molecule has 3 amide bonds. The topological polar surface area (TPSA) is 57.7 Å². The molecule has 0 spiro atoms. The van der Waals surface area contributed by atoms with E-state index in [1.54, 1.807) is 0 Å². The number of allylic oxidation sites excluding steroid dienone is 2. The van der Waals surface area contributed by atoms with Gasteiger partial charge in [0.15, 0.2) is 0 Å². The molecule has 1 aliphatic heterocycles. The quantitative estimate of drug-likeness (QED) is 0.600. The molecule has 1 aromatic rings. The van der Waals surface area contributed by atoms with E-state index >= 15 is 0 Å². The molecule has 2 bridgehead atoms. The molecule has 0 radical (unpaired) electrons. The number of likely N-dealkylation sites (tertiary alicyclic amines) is 1. The van der Waals surface area contributed by atoms with Crippen molar-refractivity contribution in [1.29, 1.82) is 0 Å². The highest BCUT2D eigenvalue weighted by Gasteiger charge is 2.59. The number of hydrogen-bond donors (Lipinski definition) is 0. The van der Waals surface area contributed by atoms with Crippen molar-refractivity contribution in [2.24, 2.45) is 23.7 Å². The zero-order valence-electron chi connectivity index (χ0n) is 14.4. The summed E-state index contributed by atoms with van der Waals surface area (Å²) in [6.45, 7) is 0.818. The van der Waals surface area contributed by atoms with Crippen LogP contribution in [0.1, 0.15) is 18.9 Å². The van der Waals surface area contributed by atoms with Crippen molar-refractivity contribution < 1.29 is 27.6 Å². The van der Waals surface area contributed by atoms with Crippen LogP contribution < -0.4 is 4.90 Å². The van der Waals surface area contributed by atoms with E-state index < -0.39 is 29.5 Å². The van der Waals surface area contributed by atoms with Crippen molar-refractivity contribution in [3.63, 3.8) is 0 Å². The van der Waals surface area contributed by atoms with E-state index in [2.05, 4.69) is 0 Å². The first kappa shape index (κ1) is 17.8. The SMILES string of the molecule is CC(=O)N(CN1C(=O)C2C3C=CC(C3)C2C1=O)c1cccc(C(F)(F)F)c1. The monoisotopic (exact) mass is 378 g/mol. The molecule has 5 nitrogen and oxygen atoms in total. The molecule has 0 N–H and O–H groups in total. The maximum atomic E-state index is 13.0. The largest absolute Gasteiger partial charge is 0.416 e. The number of alkyl halides is 3. The first-order valence-electron chi connectivity index (χ1n) is 8.67. The molecule has 1 aromatic carbocycles. The Kier molecular flexibility index (Phi) is 3.90. The number of hydrogen-bond acceptors (Lipinski definition) is 3. The summed E-state index contributed by atoms with van der Waals surface area (Å²) in [5.74, 6) is -2.01. The lowest BCUT2D eigenvalue weighted by Crippen LogP contribution is -2.44. The number of benzene rings is 1. The average Bonchev–Trinajstić information content (AvgIpc) is 3.27. The number of amides is 3. The second-order valence-electron chi connectivity index (χ2n) is 7.24. The Balaban J connectivity index is 1.61. The van der Waals surface area contributed by atoms with Crippen molar-refractivity contribution >= 4 is 23.4 Å². The summed E-state index contributed by atoms with van der Waals surface area (Å²) in [7, 11) is 0. The summed E-state index contributed by atoms with van der Waals surface area (Å²) in [6, 6.07) is 4.30. The van der Waals surface area contributed by atoms with Crippen LogP contribution in [0.25, 0.3) is 0 Å². The van der Waals surface area contributed by atoms with E-state index in [4.69, 9.17) is 0 Å². The standard InChI is InChI=1S/C19H17F3N2O3/c1-10(25)23(14-4-2-3-13(8-14)19(20,21)22)9-24-17(26)15-11-5-6-12(7-11)16(15)18(24)27/h2-6,8,11-12,15-16H,7,9H2,1H3. The molecule has 8 heteroatoms. The van der Waals surface area contributed by atoms with Crippen LogP contribution >= 0.6 is 0 Å². The van der Waals surface area contributed by atoms with Crippen LogP contribution in [-0.4, -0.2) is 29.3 Å². The summed E-state index contributed by atoms with van der Waals surface area (Å²) in [5, 5.41) is 0. The molecule has 1 saturated heterocycles. The van der Waals surface area contributed by atoms with Crippen LogP contribution in [0.2, 0.25) is 0 Å². The minimum absolute atomic E-state index is 0.00363. The first-order chi connectivity index (χ1) is 12.7. The maximum absolute atomic E-state index is 13.0. The number of carbonyl (C=O) groups is 3. The van der Waals surface area contributed by atoms with Gasteiger partial charge in [-0.05, 0) is 36.5 Å². The summed E-state index contributed by atoms with van der Waals surface area (Å²) in [4.78, 5) is 39.6. The van der Waals surface area contributed by atoms with Crippen LogP contribution in [0, 0.1) is 23.7 Å². The highest BCUT2D eigenvalue weighted by atomic mass is 19.4. The second-order valence-corrected chi connectivity index (χ2v) is 7.24. The molecule has 0 aromatic heterocycles. The highest BCUT2D eigenvalue weighted by molar-refractivity contribution is 6.07. The van der Waals surface area contributed by atoms with Crippen molar-refractivity contribution in [2.45, 2.75) is 19.5 Å². The maximum Gasteiger partial charge on any atom is 0.416 e. The average molecular weight is 378 g/mol. The Bertz CT molecular complexity index is 834.